The Kier molecular flexibility index (Phi) is 6.87. The van der Waals surface area contributed by atoms with Crippen LogP contribution in [0.3, 0.4) is 0 Å². The number of carbonyl (C=O) groups is 2. The predicted molar refractivity (Wildman–Crippen MR) is 80.3 cm³/mol. The van der Waals surface area contributed by atoms with Crippen LogP contribution in [0.5, 0.6) is 0 Å². The number of nitrogens with one attached hydrogen (secondary N) is 1. The van der Waals surface area contributed by atoms with Gasteiger partial charge in [-0.3, -0.25) is 9.00 Å². The summed E-state index contributed by atoms with van der Waals surface area (Å²) in [5.74, 6) is -1.57. The van der Waals surface area contributed by atoms with Crippen molar-refractivity contribution < 1.29 is 18.9 Å². The molecule has 5 nitrogen and oxygen atoms in total. The number of benzene rings is 1. The summed E-state index contributed by atoms with van der Waals surface area (Å²) in [4.78, 5) is 22.9. The number of unbranched alkanes of at least 4 members (excludes halogenated alkanes) is 1. The van der Waals surface area contributed by atoms with E-state index in [9.17, 15) is 13.8 Å². The molecule has 0 aliphatic heterocycles. The Bertz CT molecular complexity index is 533. The van der Waals surface area contributed by atoms with E-state index in [2.05, 4.69) is 21.2 Å². The van der Waals surface area contributed by atoms with Crippen molar-refractivity contribution in [1.29, 1.82) is 0 Å². The highest BCUT2D eigenvalue weighted by Gasteiger charge is 2.14. The lowest BCUT2D eigenvalue weighted by Gasteiger charge is -2.06. The molecule has 1 rings (SSSR count). The van der Waals surface area contributed by atoms with Crippen molar-refractivity contribution in [3.05, 3.63) is 28.2 Å². The molecule has 20 heavy (non-hydrogen) atoms. The van der Waals surface area contributed by atoms with Gasteiger partial charge in [-0.05, 0) is 40.5 Å². The van der Waals surface area contributed by atoms with Crippen LogP contribution in [0.25, 0.3) is 0 Å². The van der Waals surface area contributed by atoms with Gasteiger partial charge < -0.3 is 10.4 Å². The van der Waals surface area contributed by atoms with Gasteiger partial charge in [0.2, 0.25) is 5.91 Å². The molecule has 0 heterocycles. The Morgan fingerprint density at radius 2 is 2.10 bits per heavy atom. The first-order valence-electron chi connectivity index (χ1n) is 6.13. The standard InChI is InChI=1S/C13H16BrNO4S/c1-2-3-6-15-12(16)8-20(19)9-4-5-11(14)10(7-9)13(17)18/h4-5,7H,2-3,6,8H2,1H3,(H,15,16)(H,17,18). The third-order valence-corrected chi connectivity index (χ3v) is 4.54. The average molecular weight is 362 g/mol. The van der Waals surface area contributed by atoms with Crippen LogP contribution >= 0.6 is 15.9 Å². The van der Waals surface area contributed by atoms with E-state index in [4.69, 9.17) is 5.11 Å². The molecular formula is C13H16BrNO4S. The number of carbonyl (C=O) groups excluding carboxylic acids is 1. The van der Waals surface area contributed by atoms with Crippen molar-refractivity contribution in [3.8, 4) is 0 Å². The molecule has 0 aliphatic rings. The molecule has 2 N–H and O–H groups in total. The second kappa shape index (κ2) is 8.16. The van der Waals surface area contributed by atoms with Crippen molar-refractivity contribution in [2.75, 3.05) is 12.3 Å². The first kappa shape index (κ1) is 16.8. The molecule has 0 aliphatic carbocycles. The molecule has 1 aromatic rings. The number of carboxylic acids is 1. The molecule has 1 aromatic carbocycles. The monoisotopic (exact) mass is 361 g/mol. The zero-order valence-electron chi connectivity index (χ0n) is 11.0. The lowest BCUT2D eigenvalue weighted by atomic mass is 10.2. The number of carboxylic acid groups (broad SMARTS) is 1. The number of hydrogen-bond acceptors (Lipinski definition) is 3. The van der Waals surface area contributed by atoms with E-state index in [-0.39, 0.29) is 17.2 Å². The van der Waals surface area contributed by atoms with Crippen LogP contribution in [-0.2, 0) is 15.6 Å². The fraction of sp³-hybridized carbons (Fsp3) is 0.385. The minimum atomic E-state index is -1.55. The average Bonchev–Trinajstić information content (AvgIpc) is 2.39. The smallest absolute Gasteiger partial charge is 0.336 e. The normalized spacial score (nSPS) is 11.9. The predicted octanol–water partition coefficient (Wildman–Crippen LogP) is 2.17. The molecular weight excluding hydrogens is 346 g/mol. The molecule has 1 amide bonds. The van der Waals surface area contributed by atoms with E-state index < -0.39 is 16.8 Å². The third kappa shape index (κ3) is 5.05. The van der Waals surface area contributed by atoms with Crippen molar-refractivity contribution in [2.24, 2.45) is 0 Å². The van der Waals surface area contributed by atoms with Crippen LogP contribution in [0.2, 0.25) is 0 Å². The quantitative estimate of drug-likeness (QED) is 0.729. The number of amides is 1. The van der Waals surface area contributed by atoms with Gasteiger partial charge in [-0.25, -0.2) is 4.79 Å². The maximum Gasteiger partial charge on any atom is 0.336 e. The Balaban J connectivity index is 2.70. The molecule has 0 spiro atoms. The van der Waals surface area contributed by atoms with Crippen LogP contribution < -0.4 is 5.32 Å². The van der Waals surface area contributed by atoms with Crippen LogP contribution in [0.15, 0.2) is 27.6 Å². The minimum absolute atomic E-state index is 0.0299. The summed E-state index contributed by atoms with van der Waals surface area (Å²) in [6, 6.07) is 4.39. The topological polar surface area (TPSA) is 83.5 Å². The molecule has 0 radical (unpaired) electrons. The molecule has 7 heteroatoms. The van der Waals surface area contributed by atoms with Gasteiger partial charge in [-0.2, -0.15) is 0 Å². The summed E-state index contributed by atoms with van der Waals surface area (Å²) in [5.41, 5.74) is 0.0299. The maximum absolute atomic E-state index is 12.0. The van der Waals surface area contributed by atoms with Crippen molar-refractivity contribution >= 4 is 38.6 Å². The Morgan fingerprint density at radius 1 is 1.40 bits per heavy atom. The molecule has 1 atom stereocenters. The Labute approximate surface area is 128 Å². The molecule has 0 bridgehead atoms. The van der Waals surface area contributed by atoms with Gasteiger partial charge in [0, 0.05) is 15.9 Å². The van der Waals surface area contributed by atoms with E-state index >= 15 is 0 Å². The van der Waals surface area contributed by atoms with Crippen LogP contribution in [0.1, 0.15) is 30.1 Å². The summed E-state index contributed by atoms with van der Waals surface area (Å²) in [6.45, 7) is 2.58. The highest BCUT2D eigenvalue weighted by molar-refractivity contribution is 9.10. The Morgan fingerprint density at radius 3 is 2.70 bits per heavy atom. The minimum Gasteiger partial charge on any atom is -0.478 e. The maximum atomic E-state index is 12.0. The van der Waals surface area contributed by atoms with Gasteiger partial charge in [0.1, 0.15) is 5.75 Å². The summed E-state index contributed by atoms with van der Waals surface area (Å²) < 4.78 is 12.4. The van der Waals surface area contributed by atoms with Gasteiger partial charge >= 0.3 is 5.97 Å². The summed E-state index contributed by atoms with van der Waals surface area (Å²) in [5, 5.41) is 11.7. The summed E-state index contributed by atoms with van der Waals surface area (Å²) in [6.07, 6.45) is 1.85. The van der Waals surface area contributed by atoms with E-state index in [0.717, 1.165) is 12.8 Å². The second-order valence-corrected chi connectivity index (χ2v) is 6.45. The fourth-order valence-corrected chi connectivity index (χ4v) is 2.86. The first-order valence-corrected chi connectivity index (χ1v) is 8.24. The van der Waals surface area contributed by atoms with E-state index in [0.29, 0.717) is 15.9 Å². The van der Waals surface area contributed by atoms with Crippen molar-refractivity contribution in [2.45, 2.75) is 24.7 Å². The van der Waals surface area contributed by atoms with Gasteiger partial charge in [0.15, 0.2) is 0 Å². The summed E-state index contributed by atoms with van der Waals surface area (Å²) >= 11 is 3.11. The number of halogens is 1. The number of rotatable bonds is 7. The molecule has 0 aromatic heterocycles. The van der Waals surface area contributed by atoms with Crippen molar-refractivity contribution in [1.82, 2.24) is 5.32 Å². The Hall–Kier alpha value is -1.21. The SMILES string of the molecule is CCCCNC(=O)CS(=O)c1ccc(Br)c(C(=O)O)c1. The van der Waals surface area contributed by atoms with Crippen molar-refractivity contribution in [3.63, 3.8) is 0 Å². The van der Waals surface area contributed by atoms with E-state index in [1.807, 2.05) is 6.92 Å². The molecule has 0 saturated carbocycles. The zero-order valence-corrected chi connectivity index (χ0v) is 13.4. The van der Waals surface area contributed by atoms with E-state index in [1.54, 1.807) is 6.07 Å². The van der Waals surface area contributed by atoms with Crippen LogP contribution in [0, 0.1) is 0 Å². The second-order valence-electron chi connectivity index (χ2n) is 4.14. The van der Waals surface area contributed by atoms with Crippen LogP contribution in [-0.4, -0.2) is 33.5 Å². The first-order chi connectivity index (χ1) is 9.45. The summed E-state index contributed by atoms with van der Waals surface area (Å²) in [7, 11) is -1.55. The van der Waals surface area contributed by atoms with Gasteiger partial charge in [0.25, 0.3) is 0 Å². The van der Waals surface area contributed by atoms with E-state index in [1.165, 1.54) is 12.1 Å². The highest BCUT2D eigenvalue weighted by atomic mass is 79.9. The van der Waals surface area contributed by atoms with Gasteiger partial charge in [-0.15, -0.1) is 0 Å². The lowest BCUT2D eigenvalue weighted by molar-refractivity contribution is -0.118. The molecule has 110 valence electrons. The number of hydrogen-bond donors (Lipinski definition) is 2. The third-order valence-electron chi connectivity index (χ3n) is 2.55. The zero-order chi connectivity index (χ0) is 15.1. The molecule has 1 unspecified atom stereocenters. The van der Waals surface area contributed by atoms with Crippen LogP contribution in [0.4, 0.5) is 0 Å². The lowest BCUT2D eigenvalue weighted by Crippen LogP contribution is -2.29. The fourth-order valence-electron chi connectivity index (χ4n) is 1.47. The largest absolute Gasteiger partial charge is 0.478 e. The molecule has 0 saturated heterocycles. The highest BCUT2D eigenvalue weighted by Crippen LogP contribution is 2.20. The van der Waals surface area contributed by atoms with Gasteiger partial charge in [-0.1, -0.05) is 13.3 Å². The van der Waals surface area contributed by atoms with Gasteiger partial charge in [0.05, 0.1) is 16.4 Å². The number of aromatic carboxylic acids is 1. The molecule has 0 fully saturated rings.